The topological polar surface area (TPSA) is 61.0 Å². The predicted octanol–water partition coefficient (Wildman–Crippen LogP) is 1.33. The molecule has 4 N–H and O–H groups in total. The number of aromatic nitrogens is 1. The van der Waals surface area contributed by atoms with Crippen molar-refractivity contribution in [3.8, 4) is 0 Å². The first-order valence-corrected chi connectivity index (χ1v) is 5.10. The summed E-state index contributed by atoms with van der Waals surface area (Å²) in [5.74, 6) is 0. The summed E-state index contributed by atoms with van der Waals surface area (Å²) in [6.07, 6.45) is 1.78. The third-order valence-electron chi connectivity index (χ3n) is 2.29. The Morgan fingerprint density at radius 1 is 0.938 bits per heavy atom. The number of nitrogens with one attached hydrogen (secondary N) is 4. The van der Waals surface area contributed by atoms with Gasteiger partial charge in [-0.15, -0.1) is 0 Å². The molecule has 84 valence electrons. The fourth-order valence-electron chi connectivity index (χ4n) is 1.68. The van der Waals surface area contributed by atoms with Crippen molar-refractivity contribution in [2.45, 2.75) is 0 Å². The van der Waals surface area contributed by atoms with E-state index in [1.165, 1.54) is 0 Å². The zero-order chi connectivity index (χ0) is 11.4. The van der Waals surface area contributed by atoms with Gasteiger partial charge in [-0.25, -0.2) is 10.9 Å². The van der Waals surface area contributed by atoms with Crippen LogP contribution in [0.25, 0.3) is 10.9 Å². The van der Waals surface area contributed by atoms with Crippen molar-refractivity contribution in [2.24, 2.45) is 0 Å². The average Bonchev–Trinajstić information content (AvgIpc) is 2.30. The summed E-state index contributed by atoms with van der Waals surface area (Å²) in [7, 11) is 3.67. The summed E-state index contributed by atoms with van der Waals surface area (Å²) < 4.78 is 0. The first kappa shape index (κ1) is 10.7. The highest BCUT2D eigenvalue weighted by atomic mass is 15.3. The molecule has 0 aliphatic carbocycles. The van der Waals surface area contributed by atoms with Gasteiger partial charge in [0.25, 0.3) is 0 Å². The van der Waals surface area contributed by atoms with E-state index >= 15 is 0 Å². The average molecular weight is 217 g/mol. The second-order valence-electron chi connectivity index (χ2n) is 3.31. The molecule has 0 saturated carbocycles. The molecule has 0 unspecified atom stereocenters. The van der Waals surface area contributed by atoms with Crippen molar-refractivity contribution >= 4 is 22.3 Å². The van der Waals surface area contributed by atoms with Crippen molar-refractivity contribution < 1.29 is 0 Å². The Labute approximate surface area is 94.2 Å². The van der Waals surface area contributed by atoms with Crippen LogP contribution in [0.4, 0.5) is 11.4 Å². The van der Waals surface area contributed by atoms with Crippen LogP contribution in [0, 0.1) is 0 Å². The van der Waals surface area contributed by atoms with E-state index in [1.54, 1.807) is 6.20 Å². The summed E-state index contributed by atoms with van der Waals surface area (Å²) >= 11 is 0. The Morgan fingerprint density at radius 2 is 1.62 bits per heavy atom. The minimum atomic E-state index is 0.945. The van der Waals surface area contributed by atoms with E-state index in [2.05, 4.69) is 26.7 Å². The maximum Gasteiger partial charge on any atom is 0.0744 e. The minimum Gasteiger partial charge on any atom is -0.321 e. The number of pyridine rings is 1. The lowest BCUT2D eigenvalue weighted by molar-refractivity contribution is 0.979. The van der Waals surface area contributed by atoms with Crippen LogP contribution in [0.3, 0.4) is 0 Å². The molecule has 0 aliphatic rings. The lowest BCUT2D eigenvalue weighted by Crippen LogP contribution is -2.18. The summed E-state index contributed by atoms with van der Waals surface area (Å²) in [5.41, 5.74) is 15.0. The van der Waals surface area contributed by atoms with Crippen LogP contribution < -0.4 is 21.7 Å². The summed E-state index contributed by atoms with van der Waals surface area (Å²) in [6.45, 7) is 0. The fourth-order valence-corrected chi connectivity index (χ4v) is 1.68. The first-order chi connectivity index (χ1) is 7.86. The molecule has 5 nitrogen and oxygen atoms in total. The third kappa shape index (κ3) is 1.91. The van der Waals surface area contributed by atoms with Gasteiger partial charge in [0.15, 0.2) is 0 Å². The lowest BCUT2D eigenvalue weighted by atomic mass is 10.1. The van der Waals surface area contributed by atoms with Gasteiger partial charge in [0.2, 0.25) is 0 Å². The van der Waals surface area contributed by atoms with E-state index in [4.69, 9.17) is 0 Å². The largest absolute Gasteiger partial charge is 0.321 e. The number of hydrazine groups is 2. The van der Waals surface area contributed by atoms with Crippen molar-refractivity contribution in [1.82, 2.24) is 15.8 Å². The molecule has 0 radical (unpaired) electrons. The first-order valence-electron chi connectivity index (χ1n) is 5.10. The molecule has 0 spiro atoms. The monoisotopic (exact) mass is 217 g/mol. The Balaban J connectivity index is 2.61. The quantitative estimate of drug-likeness (QED) is 0.582. The van der Waals surface area contributed by atoms with Crippen LogP contribution in [-0.2, 0) is 0 Å². The Hall–Kier alpha value is -1.85. The van der Waals surface area contributed by atoms with Gasteiger partial charge < -0.3 is 10.9 Å². The van der Waals surface area contributed by atoms with E-state index in [9.17, 15) is 0 Å². The standard InChI is InChI=1S/C11H15N5/c1-12-15-9-5-3-4-8-11(9)10(16-13-2)6-7-14-8/h3-7,12-13,15H,1-2H3,(H,14,16). The van der Waals surface area contributed by atoms with Gasteiger partial charge in [-0.3, -0.25) is 4.98 Å². The number of hydrogen-bond acceptors (Lipinski definition) is 5. The molecular formula is C11H15N5. The smallest absolute Gasteiger partial charge is 0.0744 e. The number of benzene rings is 1. The molecule has 0 saturated heterocycles. The van der Waals surface area contributed by atoms with Gasteiger partial charge in [-0.2, -0.15) is 0 Å². The molecule has 1 aromatic carbocycles. The molecule has 0 amide bonds. The number of fused-ring (bicyclic) bond motifs is 1. The van der Waals surface area contributed by atoms with Crippen molar-refractivity contribution in [1.29, 1.82) is 0 Å². The zero-order valence-electron chi connectivity index (χ0n) is 9.33. The minimum absolute atomic E-state index is 0.945. The molecule has 5 heteroatoms. The number of hydrogen-bond donors (Lipinski definition) is 4. The molecule has 1 heterocycles. The van der Waals surface area contributed by atoms with Crippen LogP contribution in [0.15, 0.2) is 30.5 Å². The number of nitrogens with zero attached hydrogens (tertiary/aromatic N) is 1. The molecular weight excluding hydrogens is 202 g/mol. The van der Waals surface area contributed by atoms with Gasteiger partial charge in [0.1, 0.15) is 0 Å². The normalized spacial score (nSPS) is 10.4. The highest BCUT2D eigenvalue weighted by Gasteiger charge is 2.05. The van der Waals surface area contributed by atoms with Gasteiger partial charge in [-0.1, -0.05) is 6.07 Å². The van der Waals surface area contributed by atoms with E-state index < -0.39 is 0 Å². The summed E-state index contributed by atoms with van der Waals surface area (Å²) in [6, 6.07) is 7.89. The van der Waals surface area contributed by atoms with Crippen molar-refractivity contribution in [3.05, 3.63) is 30.5 Å². The van der Waals surface area contributed by atoms with Crippen molar-refractivity contribution in [3.63, 3.8) is 0 Å². The Bertz CT molecular complexity index is 442. The van der Waals surface area contributed by atoms with E-state index in [0.29, 0.717) is 0 Å². The molecule has 1 aromatic heterocycles. The molecule has 2 rings (SSSR count). The van der Waals surface area contributed by atoms with Crippen LogP contribution in [0.5, 0.6) is 0 Å². The maximum atomic E-state index is 4.33. The van der Waals surface area contributed by atoms with E-state index in [0.717, 1.165) is 22.3 Å². The van der Waals surface area contributed by atoms with Crippen molar-refractivity contribution in [2.75, 3.05) is 24.9 Å². The van der Waals surface area contributed by atoms with Gasteiger partial charge in [-0.05, 0) is 18.2 Å². The molecule has 0 atom stereocenters. The second-order valence-corrected chi connectivity index (χ2v) is 3.31. The Morgan fingerprint density at radius 3 is 2.31 bits per heavy atom. The molecule has 0 aliphatic heterocycles. The number of anilines is 2. The van der Waals surface area contributed by atoms with Crippen LogP contribution in [0.2, 0.25) is 0 Å². The number of rotatable bonds is 4. The lowest BCUT2D eigenvalue weighted by Gasteiger charge is -2.12. The van der Waals surface area contributed by atoms with E-state index in [-0.39, 0.29) is 0 Å². The molecule has 16 heavy (non-hydrogen) atoms. The maximum absolute atomic E-state index is 4.33. The summed E-state index contributed by atoms with van der Waals surface area (Å²) in [5, 5.41) is 1.05. The molecule has 2 aromatic rings. The van der Waals surface area contributed by atoms with Crippen LogP contribution >= 0.6 is 0 Å². The molecule has 0 bridgehead atoms. The van der Waals surface area contributed by atoms with Crippen LogP contribution in [-0.4, -0.2) is 19.1 Å². The highest BCUT2D eigenvalue weighted by Crippen LogP contribution is 2.28. The predicted molar refractivity (Wildman–Crippen MR) is 67.1 cm³/mol. The van der Waals surface area contributed by atoms with E-state index in [1.807, 2.05) is 38.4 Å². The fraction of sp³-hybridized carbons (Fsp3) is 0.182. The van der Waals surface area contributed by atoms with Gasteiger partial charge in [0, 0.05) is 25.7 Å². The Kier molecular flexibility index (Phi) is 3.19. The second kappa shape index (κ2) is 4.78. The zero-order valence-corrected chi connectivity index (χ0v) is 9.33. The van der Waals surface area contributed by atoms with Crippen LogP contribution in [0.1, 0.15) is 0 Å². The van der Waals surface area contributed by atoms with Gasteiger partial charge >= 0.3 is 0 Å². The third-order valence-corrected chi connectivity index (χ3v) is 2.29. The molecule has 0 fully saturated rings. The summed E-state index contributed by atoms with van der Waals surface area (Å²) in [4.78, 5) is 4.33. The highest BCUT2D eigenvalue weighted by molar-refractivity contribution is 6.00. The SMILES string of the molecule is CNNc1cccc2nccc(NNC)c12. The van der Waals surface area contributed by atoms with Gasteiger partial charge in [0.05, 0.1) is 16.9 Å².